The zero-order chi connectivity index (χ0) is 34.9. The summed E-state index contributed by atoms with van der Waals surface area (Å²) in [6.07, 6.45) is 1.44. The summed E-state index contributed by atoms with van der Waals surface area (Å²) in [4.78, 5) is 24.4. The van der Waals surface area contributed by atoms with E-state index in [0.717, 1.165) is 34.9 Å². The Balaban J connectivity index is 1.26. The lowest BCUT2D eigenvalue weighted by atomic mass is 10.1. The second kappa shape index (κ2) is 13.6. The Morgan fingerprint density at radius 3 is 2.39 bits per heavy atom. The highest BCUT2D eigenvalue weighted by molar-refractivity contribution is 7.90. The van der Waals surface area contributed by atoms with Crippen LogP contribution in [-0.4, -0.2) is 29.0 Å². The number of ether oxygens (including phenoxy) is 1. The zero-order valence-electron chi connectivity index (χ0n) is 25.9. The molecule has 0 fully saturated rings. The molecule has 0 saturated heterocycles. The number of nitro groups is 1. The van der Waals surface area contributed by atoms with Crippen molar-refractivity contribution in [2.75, 3.05) is 5.32 Å². The number of amides is 1. The summed E-state index contributed by atoms with van der Waals surface area (Å²) in [6.45, 7) is 3.96. The Bertz CT molecular complexity index is 2300. The molecule has 0 aliphatic rings. The number of anilines is 1. The molecule has 0 aliphatic heterocycles. The second-order valence-electron chi connectivity index (χ2n) is 11.1. The van der Waals surface area contributed by atoms with E-state index in [1.54, 1.807) is 48.5 Å². The molecule has 250 valence electrons. The van der Waals surface area contributed by atoms with Gasteiger partial charge in [-0.05, 0) is 97.3 Å². The number of rotatable bonds is 11. The van der Waals surface area contributed by atoms with Crippen molar-refractivity contribution in [2.24, 2.45) is 0 Å². The fourth-order valence-electron chi connectivity index (χ4n) is 5.20. The van der Waals surface area contributed by atoms with E-state index in [2.05, 4.69) is 15.1 Å². The summed E-state index contributed by atoms with van der Waals surface area (Å²) in [5, 5.41) is 20.4. The van der Waals surface area contributed by atoms with Gasteiger partial charge in [-0.1, -0.05) is 35.3 Å². The number of fused-ring (bicyclic) bond motifs is 1. The Labute approximate surface area is 290 Å². The molecule has 0 atom stereocenters. The first-order valence-electron chi connectivity index (χ1n) is 14.7. The number of nitrogens with one attached hydrogen (secondary N) is 2. The van der Waals surface area contributed by atoms with Crippen LogP contribution in [0.5, 0.6) is 11.5 Å². The number of nitro benzene ring substituents is 1. The van der Waals surface area contributed by atoms with Gasteiger partial charge in [0, 0.05) is 21.5 Å². The molecule has 6 rings (SSSR count). The van der Waals surface area contributed by atoms with Crippen molar-refractivity contribution < 1.29 is 27.3 Å². The molecule has 2 heterocycles. The second-order valence-corrected chi connectivity index (χ2v) is 13.6. The van der Waals surface area contributed by atoms with Crippen molar-refractivity contribution in [3.63, 3.8) is 0 Å². The van der Waals surface area contributed by atoms with E-state index in [0.29, 0.717) is 38.2 Å². The van der Waals surface area contributed by atoms with Crippen LogP contribution in [0.3, 0.4) is 0 Å². The van der Waals surface area contributed by atoms with Crippen LogP contribution in [0.2, 0.25) is 10.0 Å². The molecule has 12 nitrogen and oxygen atoms in total. The number of carbonyl (C=O) groups is 1. The molecule has 0 unspecified atom stereocenters. The fraction of sp³-hybridized carbons (Fsp3) is 0.118. The van der Waals surface area contributed by atoms with Crippen molar-refractivity contribution in [3.8, 4) is 11.5 Å². The summed E-state index contributed by atoms with van der Waals surface area (Å²) in [6, 6.07) is 22.1. The monoisotopic (exact) mass is 719 g/mol. The molecule has 0 spiro atoms. The first-order chi connectivity index (χ1) is 23.4. The Kier molecular flexibility index (Phi) is 9.32. The fourth-order valence-corrected chi connectivity index (χ4v) is 6.46. The maximum atomic E-state index is 13.7. The molecule has 0 radical (unpaired) electrons. The lowest BCUT2D eigenvalue weighted by Crippen LogP contribution is -2.32. The van der Waals surface area contributed by atoms with E-state index in [1.807, 2.05) is 26.0 Å². The van der Waals surface area contributed by atoms with Crippen LogP contribution in [0.25, 0.3) is 10.9 Å². The highest BCUT2D eigenvalue weighted by Gasteiger charge is 2.27. The van der Waals surface area contributed by atoms with Crippen LogP contribution < -0.4 is 14.8 Å². The number of nitrogens with zero attached hydrogens (tertiary/aromatic N) is 3. The molecule has 0 aliphatic carbocycles. The van der Waals surface area contributed by atoms with Crippen molar-refractivity contribution in [1.29, 1.82) is 0 Å². The first-order valence-corrected chi connectivity index (χ1v) is 16.9. The number of hydrogen-bond acceptors (Lipinski definition) is 9. The number of benzene rings is 4. The predicted molar refractivity (Wildman–Crippen MR) is 185 cm³/mol. The lowest BCUT2D eigenvalue weighted by molar-refractivity contribution is -0.384. The minimum atomic E-state index is -4.52. The topological polar surface area (TPSA) is 159 Å². The Morgan fingerprint density at radius 2 is 1.71 bits per heavy atom. The molecule has 0 bridgehead atoms. The normalized spacial score (nSPS) is 11.4. The maximum Gasteiger partial charge on any atom is 0.292 e. The molecule has 0 saturated carbocycles. The van der Waals surface area contributed by atoms with Crippen molar-refractivity contribution in [1.82, 2.24) is 14.5 Å². The van der Waals surface area contributed by atoms with Gasteiger partial charge in [-0.15, -0.1) is 0 Å². The van der Waals surface area contributed by atoms with Crippen molar-refractivity contribution >= 4 is 61.4 Å². The molecule has 2 aromatic heterocycles. The largest absolute Gasteiger partial charge is 0.467 e. The van der Waals surface area contributed by atoms with Gasteiger partial charge in [0.1, 0.15) is 28.6 Å². The zero-order valence-corrected chi connectivity index (χ0v) is 28.3. The van der Waals surface area contributed by atoms with Gasteiger partial charge in [-0.25, -0.2) is 13.1 Å². The third-order valence-electron chi connectivity index (χ3n) is 7.55. The number of aromatic nitrogens is 2. The molecular weight excluding hydrogens is 693 g/mol. The summed E-state index contributed by atoms with van der Waals surface area (Å²) in [5.74, 6) is 0.716. The van der Waals surface area contributed by atoms with E-state index < -0.39 is 20.9 Å². The van der Waals surface area contributed by atoms with E-state index in [4.69, 9.17) is 32.4 Å². The Hall–Kier alpha value is -5.37. The van der Waals surface area contributed by atoms with Gasteiger partial charge in [-0.2, -0.15) is 5.10 Å². The molecule has 2 N–H and O–H groups in total. The van der Waals surface area contributed by atoms with E-state index in [-0.39, 0.29) is 35.1 Å². The molecule has 15 heteroatoms. The summed E-state index contributed by atoms with van der Waals surface area (Å²) in [5.41, 5.74) is 2.46. The number of sulfonamides is 1. The standard InChI is InChI=1S/C34H27Cl2N5O7S/c1-20-14-26(15-21(2)32(20)36)48-24-8-5-22(6-9-24)19-40-33(28-16-23(35)7-11-29(28)38-40)34(42)39-49(45,46)27-10-12-31(41(43)44)30(17-27)37-18-25-4-3-13-47-25/h3-17,37H,18-19H2,1-2H3,(H,39,42). The van der Waals surface area contributed by atoms with Crippen LogP contribution in [0.15, 0.2) is 101 Å². The molecule has 4 aromatic carbocycles. The number of carbonyl (C=O) groups excluding carboxylic acids is 1. The van der Waals surface area contributed by atoms with Gasteiger partial charge in [0.15, 0.2) is 0 Å². The van der Waals surface area contributed by atoms with Crippen LogP contribution in [0.1, 0.15) is 32.9 Å². The van der Waals surface area contributed by atoms with Gasteiger partial charge < -0.3 is 14.5 Å². The van der Waals surface area contributed by atoms with E-state index in [9.17, 15) is 23.3 Å². The average Bonchev–Trinajstić information content (AvgIpc) is 3.70. The van der Waals surface area contributed by atoms with E-state index >= 15 is 0 Å². The van der Waals surface area contributed by atoms with Gasteiger partial charge in [0.25, 0.3) is 21.6 Å². The highest BCUT2D eigenvalue weighted by Crippen LogP contribution is 2.31. The van der Waals surface area contributed by atoms with Gasteiger partial charge >= 0.3 is 0 Å². The van der Waals surface area contributed by atoms with Crippen LogP contribution in [-0.2, 0) is 23.1 Å². The smallest absolute Gasteiger partial charge is 0.292 e. The molecular formula is C34H27Cl2N5O7S. The van der Waals surface area contributed by atoms with Crippen LogP contribution in [0, 0.1) is 24.0 Å². The van der Waals surface area contributed by atoms with Gasteiger partial charge in [-0.3, -0.25) is 19.6 Å². The van der Waals surface area contributed by atoms with Crippen molar-refractivity contribution in [2.45, 2.75) is 31.8 Å². The minimum Gasteiger partial charge on any atom is -0.467 e. The SMILES string of the molecule is Cc1cc(Oc2ccc(Cn3nc4ccc(Cl)cc4c3C(=O)NS(=O)(=O)c3ccc([N+](=O)[O-])c(NCc4ccco4)c3)cc2)cc(C)c1Cl. The summed E-state index contributed by atoms with van der Waals surface area (Å²) in [7, 11) is -4.52. The average molecular weight is 721 g/mol. The van der Waals surface area contributed by atoms with Crippen LogP contribution in [0.4, 0.5) is 11.4 Å². The number of hydrogen-bond donors (Lipinski definition) is 2. The van der Waals surface area contributed by atoms with Gasteiger partial charge in [0.2, 0.25) is 0 Å². The lowest BCUT2D eigenvalue weighted by Gasteiger charge is -2.12. The maximum absolute atomic E-state index is 13.7. The highest BCUT2D eigenvalue weighted by atomic mass is 35.5. The number of aryl methyl sites for hydroxylation is 2. The van der Waals surface area contributed by atoms with Crippen molar-refractivity contribution in [3.05, 3.63) is 139 Å². The van der Waals surface area contributed by atoms with Crippen LogP contribution >= 0.6 is 23.2 Å². The first kappa shape index (κ1) is 33.5. The molecule has 6 aromatic rings. The minimum absolute atomic E-state index is 0.0494. The quantitative estimate of drug-likeness (QED) is 0.0998. The molecule has 1 amide bonds. The third kappa shape index (κ3) is 7.38. The number of halogens is 2. The summed E-state index contributed by atoms with van der Waals surface area (Å²) < 4.78 is 41.7. The molecule has 49 heavy (non-hydrogen) atoms. The van der Waals surface area contributed by atoms with E-state index in [1.165, 1.54) is 17.0 Å². The summed E-state index contributed by atoms with van der Waals surface area (Å²) >= 11 is 12.5. The Morgan fingerprint density at radius 1 is 0.980 bits per heavy atom. The predicted octanol–water partition coefficient (Wildman–Crippen LogP) is 8.03. The number of furan rings is 1. The third-order valence-corrected chi connectivity index (χ3v) is 9.71. The van der Waals surface area contributed by atoms with Gasteiger partial charge in [0.05, 0.1) is 34.7 Å².